The SMILES string of the molecule is CN(CCNCc1ccoc1)CC1CCC1. The van der Waals surface area contributed by atoms with Gasteiger partial charge in [-0.1, -0.05) is 6.42 Å². The van der Waals surface area contributed by atoms with Gasteiger partial charge < -0.3 is 14.6 Å². The summed E-state index contributed by atoms with van der Waals surface area (Å²) < 4.78 is 5.02. The minimum absolute atomic E-state index is 0.910. The Morgan fingerprint density at radius 2 is 2.38 bits per heavy atom. The van der Waals surface area contributed by atoms with Crippen molar-refractivity contribution >= 4 is 0 Å². The predicted octanol–water partition coefficient (Wildman–Crippen LogP) is 2.10. The summed E-state index contributed by atoms with van der Waals surface area (Å²) >= 11 is 0. The van der Waals surface area contributed by atoms with Crippen molar-refractivity contribution in [1.29, 1.82) is 0 Å². The van der Waals surface area contributed by atoms with E-state index in [9.17, 15) is 0 Å². The Morgan fingerprint density at radius 1 is 1.50 bits per heavy atom. The molecule has 1 aromatic heterocycles. The average Bonchev–Trinajstić information content (AvgIpc) is 2.71. The van der Waals surface area contributed by atoms with Crippen molar-refractivity contribution < 1.29 is 4.42 Å². The molecule has 1 aliphatic rings. The van der Waals surface area contributed by atoms with Crippen molar-refractivity contribution in [2.45, 2.75) is 25.8 Å². The number of hydrogen-bond donors (Lipinski definition) is 1. The van der Waals surface area contributed by atoms with Gasteiger partial charge in [0.25, 0.3) is 0 Å². The number of nitrogens with zero attached hydrogens (tertiary/aromatic N) is 1. The van der Waals surface area contributed by atoms with E-state index in [1.165, 1.54) is 31.4 Å². The summed E-state index contributed by atoms with van der Waals surface area (Å²) in [7, 11) is 2.22. The van der Waals surface area contributed by atoms with E-state index < -0.39 is 0 Å². The third kappa shape index (κ3) is 3.65. The first-order valence-corrected chi connectivity index (χ1v) is 6.25. The molecular formula is C13H22N2O. The smallest absolute Gasteiger partial charge is 0.0947 e. The van der Waals surface area contributed by atoms with Gasteiger partial charge in [0, 0.05) is 31.7 Å². The highest BCUT2D eigenvalue weighted by atomic mass is 16.3. The summed E-state index contributed by atoms with van der Waals surface area (Å²) in [5.41, 5.74) is 1.22. The molecule has 0 spiro atoms. The topological polar surface area (TPSA) is 28.4 Å². The Morgan fingerprint density at radius 3 is 3.00 bits per heavy atom. The summed E-state index contributed by atoms with van der Waals surface area (Å²) in [5, 5.41) is 3.43. The van der Waals surface area contributed by atoms with Crippen molar-refractivity contribution in [2.75, 3.05) is 26.7 Å². The summed E-state index contributed by atoms with van der Waals surface area (Å²) in [6.07, 6.45) is 7.83. The van der Waals surface area contributed by atoms with E-state index in [0.29, 0.717) is 0 Å². The first kappa shape index (κ1) is 11.7. The van der Waals surface area contributed by atoms with Gasteiger partial charge in [0.1, 0.15) is 0 Å². The van der Waals surface area contributed by atoms with Gasteiger partial charge in [-0.15, -0.1) is 0 Å². The fraction of sp³-hybridized carbons (Fsp3) is 0.692. The highest BCUT2D eigenvalue weighted by Gasteiger charge is 2.18. The Hall–Kier alpha value is -0.800. The maximum atomic E-state index is 5.02. The van der Waals surface area contributed by atoms with E-state index in [4.69, 9.17) is 4.42 Å². The number of furan rings is 1. The molecule has 2 rings (SSSR count). The van der Waals surface area contributed by atoms with Crippen LogP contribution < -0.4 is 5.32 Å². The lowest BCUT2D eigenvalue weighted by Gasteiger charge is -2.30. The van der Waals surface area contributed by atoms with E-state index in [1.54, 1.807) is 12.5 Å². The number of nitrogens with one attached hydrogen (secondary N) is 1. The molecule has 0 atom stereocenters. The van der Waals surface area contributed by atoms with E-state index >= 15 is 0 Å². The zero-order chi connectivity index (χ0) is 11.2. The molecule has 0 aliphatic heterocycles. The van der Waals surface area contributed by atoms with Crippen LogP contribution in [0.2, 0.25) is 0 Å². The second-order valence-corrected chi connectivity index (χ2v) is 4.87. The van der Waals surface area contributed by atoms with Gasteiger partial charge >= 0.3 is 0 Å². The van der Waals surface area contributed by atoms with Crippen LogP contribution in [0.3, 0.4) is 0 Å². The predicted molar refractivity (Wildman–Crippen MR) is 65.3 cm³/mol. The van der Waals surface area contributed by atoms with Crippen LogP contribution in [0, 0.1) is 5.92 Å². The molecular weight excluding hydrogens is 200 g/mol. The quantitative estimate of drug-likeness (QED) is 0.716. The minimum Gasteiger partial charge on any atom is -0.472 e. The number of likely N-dealkylation sites (N-methyl/N-ethyl adjacent to an activating group) is 1. The van der Waals surface area contributed by atoms with Gasteiger partial charge in [-0.25, -0.2) is 0 Å². The monoisotopic (exact) mass is 222 g/mol. The van der Waals surface area contributed by atoms with Gasteiger partial charge in [-0.05, 0) is 31.9 Å². The van der Waals surface area contributed by atoms with Gasteiger partial charge in [0.2, 0.25) is 0 Å². The van der Waals surface area contributed by atoms with E-state index in [1.807, 2.05) is 6.07 Å². The third-order valence-electron chi connectivity index (χ3n) is 3.37. The number of rotatable bonds is 7. The molecule has 0 amide bonds. The van der Waals surface area contributed by atoms with Crippen molar-refractivity contribution in [2.24, 2.45) is 5.92 Å². The van der Waals surface area contributed by atoms with Gasteiger partial charge in [0.15, 0.2) is 0 Å². The van der Waals surface area contributed by atoms with E-state index in [0.717, 1.165) is 25.6 Å². The van der Waals surface area contributed by atoms with Crippen LogP contribution in [0.25, 0.3) is 0 Å². The maximum Gasteiger partial charge on any atom is 0.0947 e. The fourth-order valence-corrected chi connectivity index (χ4v) is 2.10. The summed E-state index contributed by atoms with van der Waals surface area (Å²) in [6, 6.07) is 2.01. The molecule has 0 radical (unpaired) electrons. The lowest BCUT2D eigenvalue weighted by Crippen LogP contribution is -2.34. The van der Waals surface area contributed by atoms with Crippen LogP contribution in [0.15, 0.2) is 23.0 Å². The first-order chi connectivity index (χ1) is 7.84. The van der Waals surface area contributed by atoms with Crippen LogP contribution in [-0.2, 0) is 6.54 Å². The van der Waals surface area contributed by atoms with E-state index in [2.05, 4.69) is 17.3 Å². The molecule has 0 saturated heterocycles. The van der Waals surface area contributed by atoms with Crippen molar-refractivity contribution in [3.8, 4) is 0 Å². The van der Waals surface area contributed by atoms with Crippen LogP contribution >= 0.6 is 0 Å². The standard InChI is InChI=1S/C13H22N2O/c1-15(10-12-3-2-4-12)7-6-14-9-13-5-8-16-11-13/h5,8,11-12,14H,2-4,6-7,9-10H2,1H3. The van der Waals surface area contributed by atoms with Gasteiger partial charge in [0.05, 0.1) is 12.5 Å². The fourth-order valence-electron chi connectivity index (χ4n) is 2.10. The largest absolute Gasteiger partial charge is 0.472 e. The summed E-state index contributed by atoms with van der Waals surface area (Å²) in [5.74, 6) is 0.971. The van der Waals surface area contributed by atoms with Gasteiger partial charge in [-0.2, -0.15) is 0 Å². The second-order valence-electron chi connectivity index (χ2n) is 4.87. The molecule has 1 fully saturated rings. The zero-order valence-electron chi connectivity index (χ0n) is 10.1. The molecule has 1 heterocycles. The molecule has 1 saturated carbocycles. The van der Waals surface area contributed by atoms with Crippen LogP contribution in [0.4, 0.5) is 0 Å². The third-order valence-corrected chi connectivity index (χ3v) is 3.37. The van der Waals surface area contributed by atoms with E-state index in [-0.39, 0.29) is 0 Å². The first-order valence-electron chi connectivity index (χ1n) is 6.25. The van der Waals surface area contributed by atoms with Crippen molar-refractivity contribution in [3.05, 3.63) is 24.2 Å². The Bertz CT molecular complexity index is 280. The Labute approximate surface area is 97.8 Å². The summed E-state index contributed by atoms with van der Waals surface area (Å²) in [6.45, 7) is 4.36. The zero-order valence-corrected chi connectivity index (χ0v) is 10.1. The van der Waals surface area contributed by atoms with Crippen molar-refractivity contribution in [3.63, 3.8) is 0 Å². The molecule has 0 aromatic carbocycles. The van der Waals surface area contributed by atoms with Crippen molar-refractivity contribution in [1.82, 2.24) is 10.2 Å². The Balaban J connectivity index is 1.50. The Kier molecular flexibility index (Phi) is 4.43. The highest BCUT2D eigenvalue weighted by Crippen LogP contribution is 2.26. The van der Waals surface area contributed by atoms with Gasteiger partial charge in [-0.3, -0.25) is 0 Å². The number of hydrogen-bond acceptors (Lipinski definition) is 3. The molecule has 0 unspecified atom stereocenters. The normalized spacial score (nSPS) is 16.6. The van der Waals surface area contributed by atoms with Crippen LogP contribution in [0.1, 0.15) is 24.8 Å². The maximum absolute atomic E-state index is 5.02. The second kappa shape index (κ2) is 6.06. The average molecular weight is 222 g/mol. The molecule has 3 heteroatoms. The van der Waals surface area contributed by atoms with Crippen LogP contribution in [0.5, 0.6) is 0 Å². The summed E-state index contributed by atoms with van der Waals surface area (Å²) in [4.78, 5) is 2.44. The minimum atomic E-state index is 0.910. The van der Waals surface area contributed by atoms with Crippen LogP contribution in [-0.4, -0.2) is 31.6 Å². The molecule has 16 heavy (non-hydrogen) atoms. The molecule has 1 aromatic rings. The lowest BCUT2D eigenvalue weighted by molar-refractivity contribution is 0.205. The molecule has 3 nitrogen and oxygen atoms in total. The molecule has 1 aliphatic carbocycles. The molecule has 0 bridgehead atoms. The molecule has 1 N–H and O–H groups in total. The molecule has 90 valence electrons. The highest BCUT2D eigenvalue weighted by molar-refractivity contribution is 5.04. The lowest BCUT2D eigenvalue weighted by atomic mass is 9.85.